The highest BCUT2D eigenvalue weighted by Gasteiger charge is 2.32. The molecule has 0 saturated carbocycles. The molecular formula is C20H36N4O3S. The van der Waals surface area contributed by atoms with E-state index in [2.05, 4.69) is 34.7 Å². The first-order valence-electron chi connectivity index (χ1n) is 10.3. The van der Waals surface area contributed by atoms with Gasteiger partial charge in [-0.25, -0.2) is 0 Å². The minimum Gasteiger partial charge on any atom is -0.383 e. The average molecular weight is 413 g/mol. The van der Waals surface area contributed by atoms with Gasteiger partial charge in [-0.05, 0) is 24.7 Å². The third-order valence-corrected chi connectivity index (χ3v) is 5.70. The number of amides is 2. The van der Waals surface area contributed by atoms with Gasteiger partial charge >= 0.3 is 0 Å². The van der Waals surface area contributed by atoms with Crippen LogP contribution in [-0.2, 0) is 9.59 Å². The van der Waals surface area contributed by atoms with Crippen molar-refractivity contribution in [2.75, 3.05) is 5.32 Å². The Bertz CT molecular complexity index is 627. The predicted molar refractivity (Wildman–Crippen MR) is 113 cm³/mol. The number of unbranched alkanes of at least 4 members (excludes halogenated alkanes) is 1. The Hall–Kier alpha value is -1.54. The largest absolute Gasteiger partial charge is 0.383 e. The molecule has 0 saturated heterocycles. The molecule has 1 heterocycles. The second-order valence-electron chi connectivity index (χ2n) is 8.30. The maximum atomic E-state index is 12.7. The monoisotopic (exact) mass is 412 g/mol. The van der Waals surface area contributed by atoms with Crippen molar-refractivity contribution in [2.45, 2.75) is 98.1 Å². The van der Waals surface area contributed by atoms with E-state index in [9.17, 15) is 14.7 Å². The first-order valence-corrected chi connectivity index (χ1v) is 11.1. The van der Waals surface area contributed by atoms with Crippen LogP contribution >= 0.6 is 11.3 Å². The normalized spacial score (nSPS) is 15.0. The zero-order valence-electron chi connectivity index (χ0n) is 18.0. The minimum atomic E-state index is -1.18. The quantitative estimate of drug-likeness (QED) is 0.512. The van der Waals surface area contributed by atoms with E-state index in [1.807, 2.05) is 6.92 Å². The number of hydrogen-bond acceptors (Lipinski definition) is 6. The lowest BCUT2D eigenvalue weighted by Gasteiger charge is -2.26. The highest BCUT2D eigenvalue weighted by atomic mass is 32.1. The molecule has 3 N–H and O–H groups in total. The summed E-state index contributed by atoms with van der Waals surface area (Å²) in [6.45, 7) is 11.6. The molecule has 2 amide bonds. The number of aliphatic hydroxyl groups is 1. The van der Waals surface area contributed by atoms with Crippen molar-refractivity contribution < 1.29 is 14.7 Å². The molecule has 3 atom stereocenters. The zero-order valence-corrected chi connectivity index (χ0v) is 18.9. The number of aliphatic hydroxyl groups excluding tert-OH is 1. The van der Waals surface area contributed by atoms with Gasteiger partial charge in [0.1, 0.15) is 17.2 Å². The second-order valence-corrected chi connectivity index (χ2v) is 9.31. The van der Waals surface area contributed by atoms with Crippen LogP contribution in [0.1, 0.15) is 91.0 Å². The number of carbonyl (C=O) groups excluding carboxylic acids is 2. The zero-order chi connectivity index (χ0) is 21.3. The molecule has 0 aliphatic heterocycles. The van der Waals surface area contributed by atoms with Gasteiger partial charge in [0.15, 0.2) is 0 Å². The van der Waals surface area contributed by atoms with Gasteiger partial charge in [-0.1, -0.05) is 72.1 Å². The Morgan fingerprint density at radius 2 is 1.75 bits per heavy atom. The molecule has 1 aromatic heterocycles. The van der Waals surface area contributed by atoms with Crippen molar-refractivity contribution in [2.24, 2.45) is 5.41 Å². The molecule has 0 spiro atoms. The number of anilines is 1. The van der Waals surface area contributed by atoms with Gasteiger partial charge in [-0.15, -0.1) is 10.2 Å². The first-order chi connectivity index (χ1) is 13.1. The number of aromatic nitrogens is 2. The molecule has 2 unspecified atom stereocenters. The van der Waals surface area contributed by atoms with E-state index in [4.69, 9.17) is 0 Å². The SMILES string of the molecule is CCCCC(CC)c1nnc(NC(=O)C(CCC)NC(=O)[C@@H](O)C(C)(C)C)s1. The molecular weight excluding hydrogens is 376 g/mol. The molecule has 1 rings (SSSR count). The molecule has 8 heteroatoms. The van der Waals surface area contributed by atoms with Crippen LogP contribution in [0.4, 0.5) is 5.13 Å². The van der Waals surface area contributed by atoms with E-state index in [0.29, 0.717) is 17.5 Å². The Balaban J connectivity index is 2.78. The summed E-state index contributed by atoms with van der Waals surface area (Å²) in [6, 6.07) is -0.719. The van der Waals surface area contributed by atoms with Crippen LogP contribution in [0.15, 0.2) is 0 Å². The first kappa shape index (κ1) is 24.5. The Morgan fingerprint density at radius 1 is 1.07 bits per heavy atom. The third-order valence-electron chi connectivity index (χ3n) is 4.70. The third kappa shape index (κ3) is 7.47. The summed E-state index contributed by atoms with van der Waals surface area (Å²) in [4.78, 5) is 25.0. The van der Waals surface area contributed by atoms with E-state index >= 15 is 0 Å². The smallest absolute Gasteiger partial charge is 0.250 e. The lowest BCUT2D eigenvalue weighted by atomic mass is 9.88. The van der Waals surface area contributed by atoms with E-state index in [0.717, 1.165) is 37.1 Å². The molecule has 7 nitrogen and oxygen atoms in total. The fourth-order valence-electron chi connectivity index (χ4n) is 2.80. The highest BCUT2D eigenvalue weighted by molar-refractivity contribution is 7.15. The van der Waals surface area contributed by atoms with E-state index in [1.165, 1.54) is 11.3 Å². The van der Waals surface area contributed by atoms with Crippen LogP contribution < -0.4 is 10.6 Å². The number of hydrogen-bond donors (Lipinski definition) is 3. The van der Waals surface area contributed by atoms with Crippen molar-refractivity contribution in [1.82, 2.24) is 15.5 Å². The fraction of sp³-hybridized carbons (Fsp3) is 0.800. The molecule has 0 aliphatic carbocycles. The molecule has 0 fully saturated rings. The molecule has 28 heavy (non-hydrogen) atoms. The van der Waals surface area contributed by atoms with E-state index in [1.54, 1.807) is 20.8 Å². The number of rotatable bonds is 11. The number of nitrogens with one attached hydrogen (secondary N) is 2. The number of nitrogens with zero attached hydrogens (tertiary/aromatic N) is 2. The number of carbonyl (C=O) groups is 2. The molecule has 0 aromatic carbocycles. The summed E-state index contributed by atoms with van der Waals surface area (Å²) in [7, 11) is 0. The van der Waals surface area contributed by atoms with Crippen LogP contribution in [-0.4, -0.2) is 39.3 Å². The predicted octanol–water partition coefficient (Wildman–Crippen LogP) is 3.85. The van der Waals surface area contributed by atoms with Crippen LogP contribution in [0.25, 0.3) is 0 Å². The Labute approximate surface area is 172 Å². The molecule has 160 valence electrons. The molecule has 0 aliphatic rings. The van der Waals surface area contributed by atoms with Gasteiger partial charge in [0.05, 0.1) is 0 Å². The van der Waals surface area contributed by atoms with Gasteiger partial charge in [0.25, 0.3) is 0 Å². The molecule has 0 radical (unpaired) electrons. The fourth-order valence-corrected chi connectivity index (χ4v) is 3.76. The van der Waals surface area contributed by atoms with Crippen molar-refractivity contribution >= 4 is 28.3 Å². The summed E-state index contributed by atoms with van der Waals surface area (Å²) >= 11 is 1.39. The standard InChI is InChI=1S/C20H36N4O3S/c1-7-10-12-13(9-3)18-23-24-19(28-18)22-16(26)14(11-8-2)21-17(27)15(25)20(4,5)6/h13-15,25H,7-12H2,1-6H3,(H,21,27)(H,22,24,26)/t13?,14?,15-/m1/s1. The van der Waals surface area contributed by atoms with Crippen LogP contribution in [0.3, 0.4) is 0 Å². The Morgan fingerprint density at radius 3 is 2.29 bits per heavy atom. The second kappa shape index (κ2) is 11.5. The molecule has 1 aromatic rings. The highest BCUT2D eigenvalue weighted by Crippen LogP contribution is 2.30. The maximum absolute atomic E-state index is 12.7. The summed E-state index contributed by atoms with van der Waals surface area (Å²) in [5.41, 5.74) is -0.598. The maximum Gasteiger partial charge on any atom is 0.250 e. The van der Waals surface area contributed by atoms with Gasteiger partial charge in [-0.2, -0.15) is 0 Å². The van der Waals surface area contributed by atoms with Crippen LogP contribution in [0.2, 0.25) is 0 Å². The van der Waals surface area contributed by atoms with Gasteiger partial charge in [0.2, 0.25) is 16.9 Å². The van der Waals surface area contributed by atoms with Crippen LogP contribution in [0, 0.1) is 5.41 Å². The van der Waals surface area contributed by atoms with Crippen molar-refractivity contribution in [3.8, 4) is 0 Å². The summed E-state index contributed by atoms with van der Waals surface area (Å²) in [5.74, 6) is -0.513. The summed E-state index contributed by atoms with van der Waals surface area (Å²) < 4.78 is 0. The average Bonchev–Trinajstić information content (AvgIpc) is 3.08. The van der Waals surface area contributed by atoms with Gasteiger partial charge in [-0.3, -0.25) is 14.9 Å². The Kier molecular flexibility index (Phi) is 10.0. The van der Waals surface area contributed by atoms with E-state index < -0.39 is 23.5 Å². The van der Waals surface area contributed by atoms with Crippen molar-refractivity contribution in [3.63, 3.8) is 0 Å². The lowest BCUT2D eigenvalue weighted by Crippen LogP contribution is -2.50. The van der Waals surface area contributed by atoms with Crippen molar-refractivity contribution in [3.05, 3.63) is 5.01 Å². The van der Waals surface area contributed by atoms with Crippen molar-refractivity contribution in [1.29, 1.82) is 0 Å². The van der Waals surface area contributed by atoms with Gasteiger partial charge in [0, 0.05) is 5.92 Å². The minimum absolute atomic E-state index is 0.333. The van der Waals surface area contributed by atoms with Crippen LogP contribution in [0.5, 0.6) is 0 Å². The molecule has 0 bridgehead atoms. The summed E-state index contributed by atoms with van der Waals surface area (Å²) in [6.07, 6.45) is 4.35. The summed E-state index contributed by atoms with van der Waals surface area (Å²) in [5, 5.41) is 25.3. The lowest BCUT2D eigenvalue weighted by molar-refractivity contribution is -0.137. The topological polar surface area (TPSA) is 104 Å². The van der Waals surface area contributed by atoms with Gasteiger partial charge < -0.3 is 10.4 Å². The van der Waals surface area contributed by atoms with E-state index in [-0.39, 0.29) is 5.91 Å².